The molecule has 0 atom stereocenters. The second kappa shape index (κ2) is 5.16. The highest BCUT2D eigenvalue weighted by Gasteiger charge is 2.22. The Morgan fingerprint density at radius 1 is 1.45 bits per heavy atom. The molecule has 0 radical (unpaired) electrons. The Hall–Kier alpha value is -2.63. The molecule has 0 aliphatic heterocycles. The molecule has 2 rings (SSSR count). The molecule has 104 valence electrons. The largest absolute Gasteiger partial charge is 0.482 e. The predicted molar refractivity (Wildman–Crippen MR) is 74.3 cm³/mol. The summed E-state index contributed by atoms with van der Waals surface area (Å²) in [5.41, 5.74) is 0.699. The van der Waals surface area contributed by atoms with Gasteiger partial charge in [-0.1, -0.05) is 12.7 Å². The van der Waals surface area contributed by atoms with E-state index in [4.69, 9.17) is 9.15 Å². The Labute approximate surface area is 114 Å². The van der Waals surface area contributed by atoms with Gasteiger partial charge in [0.2, 0.25) is 5.75 Å². The van der Waals surface area contributed by atoms with E-state index in [-0.39, 0.29) is 18.0 Å². The van der Waals surface area contributed by atoms with Crippen molar-refractivity contribution >= 4 is 16.7 Å². The maximum Gasteiger partial charge on any atom is 0.336 e. The van der Waals surface area contributed by atoms with Crippen LogP contribution in [0.3, 0.4) is 0 Å². The number of nitro benzene ring substituents is 1. The Balaban J connectivity index is 2.85. The predicted octanol–water partition coefficient (Wildman–Crippen LogP) is 2.88. The normalized spacial score (nSPS) is 10.5. The summed E-state index contributed by atoms with van der Waals surface area (Å²) >= 11 is 0. The molecule has 1 aromatic heterocycles. The van der Waals surface area contributed by atoms with Crippen LogP contribution in [-0.2, 0) is 0 Å². The highest BCUT2D eigenvalue weighted by Crippen LogP contribution is 2.37. The maximum absolute atomic E-state index is 11.4. The van der Waals surface area contributed by atoms with E-state index < -0.39 is 10.5 Å². The molecule has 0 aliphatic carbocycles. The van der Waals surface area contributed by atoms with E-state index in [0.717, 1.165) is 0 Å². The third-order valence-electron chi connectivity index (χ3n) is 2.94. The molecule has 0 spiro atoms. The summed E-state index contributed by atoms with van der Waals surface area (Å²) in [5, 5.41) is 11.7. The average Bonchev–Trinajstić information content (AvgIpc) is 2.38. The van der Waals surface area contributed by atoms with Crippen LogP contribution in [0.2, 0.25) is 0 Å². The lowest BCUT2D eigenvalue weighted by molar-refractivity contribution is -0.385. The van der Waals surface area contributed by atoms with Gasteiger partial charge in [0.1, 0.15) is 12.2 Å². The number of hydrogen-bond donors (Lipinski definition) is 0. The van der Waals surface area contributed by atoms with Gasteiger partial charge in [0.05, 0.1) is 4.92 Å². The van der Waals surface area contributed by atoms with Gasteiger partial charge in [-0.15, -0.1) is 0 Å². The van der Waals surface area contributed by atoms with Crippen LogP contribution in [0.5, 0.6) is 5.75 Å². The lowest BCUT2D eigenvalue weighted by Crippen LogP contribution is -2.04. The first kappa shape index (κ1) is 13.8. The molecule has 0 N–H and O–H groups in total. The van der Waals surface area contributed by atoms with Gasteiger partial charge >= 0.3 is 11.3 Å². The topological polar surface area (TPSA) is 82.6 Å². The van der Waals surface area contributed by atoms with Crippen molar-refractivity contribution in [1.82, 2.24) is 0 Å². The molecule has 0 bridgehead atoms. The van der Waals surface area contributed by atoms with Gasteiger partial charge in [-0.05, 0) is 19.4 Å². The fourth-order valence-electron chi connectivity index (χ4n) is 2.03. The number of aryl methyl sites for hydroxylation is 2. The van der Waals surface area contributed by atoms with Crippen molar-refractivity contribution in [2.75, 3.05) is 6.61 Å². The Morgan fingerprint density at radius 3 is 2.75 bits per heavy atom. The van der Waals surface area contributed by atoms with Crippen LogP contribution in [0, 0.1) is 24.0 Å². The lowest BCUT2D eigenvalue weighted by Gasteiger charge is -2.10. The van der Waals surface area contributed by atoms with Crippen LogP contribution in [0.4, 0.5) is 5.69 Å². The fraction of sp³-hybridized carbons (Fsp3) is 0.214. The molecule has 2 aromatic rings. The lowest BCUT2D eigenvalue weighted by atomic mass is 10.1. The summed E-state index contributed by atoms with van der Waals surface area (Å²) in [6.07, 6.45) is 1.49. The molecule has 0 aliphatic rings. The van der Waals surface area contributed by atoms with Crippen LogP contribution in [-0.4, -0.2) is 11.5 Å². The number of rotatable bonds is 4. The summed E-state index contributed by atoms with van der Waals surface area (Å²) < 4.78 is 10.5. The zero-order valence-corrected chi connectivity index (χ0v) is 11.1. The molecule has 6 heteroatoms. The second-order valence-electron chi connectivity index (χ2n) is 4.33. The number of benzene rings is 1. The number of ether oxygens (including phenoxy) is 1. The van der Waals surface area contributed by atoms with Crippen LogP contribution in [0.1, 0.15) is 11.1 Å². The van der Waals surface area contributed by atoms with Crippen molar-refractivity contribution in [3.63, 3.8) is 0 Å². The van der Waals surface area contributed by atoms with Crippen molar-refractivity contribution in [2.24, 2.45) is 0 Å². The molecule has 20 heavy (non-hydrogen) atoms. The minimum atomic E-state index is -0.518. The van der Waals surface area contributed by atoms with Gasteiger partial charge in [0, 0.05) is 23.1 Å². The van der Waals surface area contributed by atoms with Gasteiger partial charge in [0.15, 0.2) is 0 Å². The molecule has 0 fully saturated rings. The Morgan fingerprint density at radius 2 is 2.15 bits per heavy atom. The van der Waals surface area contributed by atoms with E-state index in [0.29, 0.717) is 22.1 Å². The second-order valence-corrected chi connectivity index (χ2v) is 4.33. The molecule has 6 nitrogen and oxygen atoms in total. The maximum atomic E-state index is 11.4. The van der Waals surface area contributed by atoms with E-state index in [1.54, 1.807) is 13.8 Å². The minimum Gasteiger partial charge on any atom is -0.482 e. The van der Waals surface area contributed by atoms with E-state index in [1.165, 1.54) is 18.2 Å². The van der Waals surface area contributed by atoms with Crippen LogP contribution in [0.25, 0.3) is 11.0 Å². The van der Waals surface area contributed by atoms with Gasteiger partial charge in [0.25, 0.3) is 0 Å². The van der Waals surface area contributed by atoms with Crippen LogP contribution < -0.4 is 10.4 Å². The number of fused-ring (bicyclic) bond motifs is 1. The molecular weight excluding hydrogens is 262 g/mol. The fourth-order valence-corrected chi connectivity index (χ4v) is 2.03. The van der Waals surface area contributed by atoms with E-state index in [9.17, 15) is 14.9 Å². The zero-order valence-electron chi connectivity index (χ0n) is 11.1. The quantitative estimate of drug-likeness (QED) is 0.371. The smallest absolute Gasteiger partial charge is 0.336 e. The van der Waals surface area contributed by atoms with Crippen molar-refractivity contribution < 1.29 is 14.1 Å². The molecule has 0 saturated carbocycles. The van der Waals surface area contributed by atoms with Gasteiger partial charge in [-0.25, -0.2) is 4.79 Å². The summed E-state index contributed by atoms with van der Waals surface area (Å²) in [7, 11) is 0. The number of nitrogens with zero attached hydrogens (tertiary/aromatic N) is 1. The van der Waals surface area contributed by atoms with Gasteiger partial charge < -0.3 is 9.15 Å². The number of hydrogen-bond acceptors (Lipinski definition) is 5. The zero-order chi connectivity index (χ0) is 14.9. The van der Waals surface area contributed by atoms with Crippen molar-refractivity contribution in [3.05, 3.63) is 56.4 Å². The Kier molecular flexibility index (Phi) is 3.56. The van der Waals surface area contributed by atoms with Crippen LogP contribution >= 0.6 is 0 Å². The molecule has 1 heterocycles. The first-order valence-electron chi connectivity index (χ1n) is 5.92. The summed E-state index contributed by atoms with van der Waals surface area (Å²) in [6, 6.07) is 2.66. The molecule has 0 unspecified atom stereocenters. The van der Waals surface area contributed by atoms with E-state index in [1.807, 2.05) is 0 Å². The van der Waals surface area contributed by atoms with Gasteiger partial charge in [-0.2, -0.15) is 0 Å². The molecule has 1 aromatic carbocycles. The van der Waals surface area contributed by atoms with Crippen molar-refractivity contribution in [3.8, 4) is 5.75 Å². The highest BCUT2D eigenvalue weighted by molar-refractivity contribution is 5.88. The molecular formula is C14H13NO5. The van der Waals surface area contributed by atoms with Gasteiger partial charge in [-0.3, -0.25) is 10.1 Å². The monoisotopic (exact) mass is 275 g/mol. The molecule has 0 amide bonds. The minimum absolute atomic E-state index is 0.0937. The number of nitro groups is 1. The van der Waals surface area contributed by atoms with Crippen molar-refractivity contribution in [2.45, 2.75) is 13.8 Å². The van der Waals surface area contributed by atoms with Crippen molar-refractivity contribution in [1.29, 1.82) is 0 Å². The summed E-state index contributed by atoms with van der Waals surface area (Å²) in [4.78, 5) is 22.1. The first-order chi connectivity index (χ1) is 9.45. The third-order valence-corrected chi connectivity index (χ3v) is 2.94. The standard InChI is InChI=1S/C14H13NO5/c1-4-5-19-14-9(3)13-10(7-11(14)15(17)18)8(2)6-12(16)20-13/h4,6-7H,1,5H2,2-3H3. The van der Waals surface area contributed by atoms with E-state index >= 15 is 0 Å². The Bertz CT molecular complexity index is 760. The SMILES string of the molecule is C=CCOc1c([N+](=O)[O-])cc2c(C)cc(=O)oc2c1C. The summed E-state index contributed by atoms with van der Waals surface area (Å²) in [5.74, 6) is 0.0937. The summed E-state index contributed by atoms with van der Waals surface area (Å²) in [6.45, 7) is 6.95. The first-order valence-corrected chi connectivity index (χ1v) is 5.92. The highest BCUT2D eigenvalue weighted by atomic mass is 16.6. The molecule has 0 saturated heterocycles. The third kappa shape index (κ3) is 2.27. The average molecular weight is 275 g/mol. The van der Waals surface area contributed by atoms with Crippen LogP contribution in [0.15, 0.2) is 34.0 Å². The van der Waals surface area contributed by atoms with E-state index in [2.05, 4.69) is 6.58 Å².